The summed E-state index contributed by atoms with van der Waals surface area (Å²) in [4.78, 5) is 37.3. The fourth-order valence-electron chi connectivity index (χ4n) is 2.82. The molecule has 2 rings (SSSR count). The summed E-state index contributed by atoms with van der Waals surface area (Å²) in [5.74, 6) is -1.13. The Hall–Kier alpha value is -3.59. The Morgan fingerprint density at radius 2 is 1.50 bits per heavy atom. The highest BCUT2D eigenvalue weighted by molar-refractivity contribution is 5.91. The van der Waals surface area contributed by atoms with Crippen LogP contribution in [0.25, 0.3) is 0 Å². The van der Waals surface area contributed by atoms with Crippen molar-refractivity contribution in [3.8, 4) is 0 Å². The number of carbonyl (C=O) groups is 3. The molecule has 0 aliphatic rings. The van der Waals surface area contributed by atoms with Crippen molar-refractivity contribution in [3.05, 3.63) is 66.2 Å². The van der Waals surface area contributed by atoms with E-state index < -0.39 is 36.6 Å². The zero-order valence-corrected chi connectivity index (χ0v) is 18.2. The third kappa shape index (κ3) is 8.65. The largest absolute Gasteiger partial charge is 0.445 e. The van der Waals surface area contributed by atoms with Gasteiger partial charge in [-0.2, -0.15) is 0 Å². The van der Waals surface area contributed by atoms with Gasteiger partial charge in [0.05, 0.1) is 12.3 Å². The average molecular weight is 443 g/mol. The van der Waals surface area contributed by atoms with Crippen molar-refractivity contribution in [2.24, 2.45) is 5.92 Å². The Balaban J connectivity index is 1.91. The van der Waals surface area contributed by atoms with Gasteiger partial charge in [-0.1, -0.05) is 62.4 Å². The molecule has 0 radical (unpaired) electrons. The number of nitrogens with one attached hydrogen (secondary N) is 4. The molecule has 9 heteroatoms. The summed E-state index contributed by atoms with van der Waals surface area (Å²) >= 11 is 0. The minimum Gasteiger partial charge on any atom is -0.445 e. The smallest absolute Gasteiger partial charge is 0.408 e. The van der Waals surface area contributed by atoms with Crippen molar-refractivity contribution in [1.29, 1.82) is 0 Å². The zero-order valence-electron chi connectivity index (χ0n) is 18.2. The van der Waals surface area contributed by atoms with Crippen molar-refractivity contribution in [2.45, 2.75) is 39.0 Å². The van der Waals surface area contributed by atoms with Gasteiger partial charge in [0.1, 0.15) is 18.7 Å². The van der Waals surface area contributed by atoms with Crippen LogP contribution in [-0.4, -0.2) is 41.7 Å². The average Bonchev–Trinajstić information content (AvgIpc) is 2.80. The van der Waals surface area contributed by atoms with E-state index >= 15 is 0 Å². The summed E-state index contributed by atoms with van der Waals surface area (Å²) < 4.78 is 5.19. The number of alkyl carbamates (subject to hydrolysis) is 1. The second kappa shape index (κ2) is 13.0. The van der Waals surface area contributed by atoms with Crippen LogP contribution in [0.2, 0.25) is 0 Å². The van der Waals surface area contributed by atoms with Gasteiger partial charge < -0.3 is 20.5 Å². The van der Waals surface area contributed by atoms with Crippen LogP contribution >= 0.6 is 0 Å². The number of amides is 3. The second-order valence-electron chi connectivity index (χ2n) is 7.61. The molecule has 172 valence electrons. The molecular weight excluding hydrogens is 412 g/mol. The summed E-state index contributed by atoms with van der Waals surface area (Å²) in [6.45, 7) is 3.25. The number of aliphatic hydroxyl groups excluding tert-OH is 1. The maximum absolute atomic E-state index is 12.7. The molecule has 0 fully saturated rings. The summed E-state index contributed by atoms with van der Waals surface area (Å²) in [6, 6.07) is 15.9. The Labute approximate surface area is 187 Å². The number of benzene rings is 2. The van der Waals surface area contributed by atoms with E-state index in [1.807, 2.05) is 50.2 Å². The molecule has 0 saturated heterocycles. The van der Waals surface area contributed by atoms with Crippen LogP contribution in [0.5, 0.6) is 0 Å². The van der Waals surface area contributed by atoms with Crippen LogP contribution in [0.15, 0.2) is 60.7 Å². The van der Waals surface area contributed by atoms with E-state index in [-0.39, 0.29) is 12.5 Å². The normalized spacial score (nSPS) is 12.4. The standard InChI is InChI=1S/C23H30N4O5/c1-16(2)13-19(25-23(31)32-15-17-9-5-3-6-10-17)21(29)24-20(14-28)22(30)27-26-18-11-7-4-8-12-18/h3-12,16,19-20,26,28H,13-15H2,1-2H3,(H,24,29)(H,25,31)(H,27,30)/t19-,20-/m0/s1. The van der Waals surface area contributed by atoms with Crippen LogP contribution in [0.1, 0.15) is 25.8 Å². The van der Waals surface area contributed by atoms with Gasteiger partial charge in [-0.05, 0) is 30.0 Å². The Morgan fingerprint density at radius 1 is 0.875 bits per heavy atom. The number of para-hydroxylation sites is 1. The maximum atomic E-state index is 12.7. The number of hydrogen-bond donors (Lipinski definition) is 5. The first-order valence-electron chi connectivity index (χ1n) is 10.4. The summed E-state index contributed by atoms with van der Waals surface area (Å²) in [5, 5.41) is 14.6. The van der Waals surface area contributed by atoms with Crippen molar-refractivity contribution in [1.82, 2.24) is 16.1 Å². The number of ether oxygens (including phenoxy) is 1. The van der Waals surface area contributed by atoms with E-state index in [9.17, 15) is 19.5 Å². The van der Waals surface area contributed by atoms with Crippen molar-refractivity contribution < 1.29 is 24.2 Å². The fourth-order valence-corrected chi connectivity index (χ4v) is 2.82. The molecule has 32 heavy (non-hydrogen) atoms. The minimum atomic E-state index is -1.20. The molecule has 0 spiro atoms. The summed E-state index contributed by atoms with van der Waals surface area (Å²) in [6.07, 6.45) is -0.417. The quantitative estimate of drug-likeness (QED) is 0.338. The lowest BCUT2D eigenvalue weighted by molar-refractivity contribution is -0.130. The highest BCUT2D eigenvalue weighted by Crippen LogP contribution is 2.07. The van der Waals surface area contributed by atoms with Gasteiger partial charge in [-0.25, -0.2) is 4.79 Å². The topological polar surface area (TPSA) is 129 Å². The fraction of sp³-hybridized carbons (Fsp3) is 0.348. The van der Waals surface area contributed by atoms with Gasteiger partial charge in [-0.15, -0.1) is 0 Å². The number of rotatable bonds is 11. The monoisotopic (exact) mass is 442 g/mol. The van der Waals surface area contributed by atoms with E-state index in [1.54, 1.807) is 24.3 Å². The van der Waals surface area contributed by atoms with Gasteiger partial charge >= 0.3 is 6.09 Å². The third-order valence-electron chi connectivity index (χ3n) is 4.45. The first-order valence-corrected chi connectivity index (χ1v) is 10.4. The highest BCUT2D eigenvalue weighted by atomic mass is 16.5. The lowest BCUT2D eigenvalue weighted by Crippen LogP contribution is -2.56. The Bertz CT molecular complexity index is 861. The predicted octanol–water partition coefficient (Wildman–Crippen LogP) is 1.95. The number of hydrogen-bond acceptors (Lipinski definition) is 6. The first kappa shape index (κ1) is 24.7. The molecule has 5 N–H and O–H groups in total. The molecule has 0 unspecified atom stereocenters. The summed E-state index contributed by atoms with van der Waals surface area (Å²) in [7, 11) is 0. The van der Waals surface area contributed by atoms with Gasteiger partial charge in [0.2, 0.25) is 5.91 Å². The van der Waals surface area contributed by atoms with Crippen molar-refractivity contribution >= 4 is 23.6 Å². The van der Waals surface area contributed by atoms with Crippen LogP contribution in [0.4, 0.5) is 10.5 Å². The van der Waals surface area contributed by atoms with E-state index in [2.05, 4.69) is 21.5 Å². The molecule has 0 heterocycles. The van der Waals surface area contributed by atoms with E-state index in [0.29, 0.717) is 12.1 Å². The second-order valence-corrected chi connectivity index (χ2v) is 7.61. The Kier molecular flexibility index (Phi) is 9.99. The van der Waals surface area contributed by atoms with Crippen LogP contribution < -0.4 is 21.5 Å². The van der Waals surface area contributed by atoms with Gasteiger partial charge in [-0.3, -0.25) is 20.4 Å². The molecule has 0 aromatic heterocycles. The molecule has 3 amide bonds. The molecule has 9 nitrogen and oxygen atoms in total. The van der Waals surface area contributed by atoms with Crippen molar-refractivity contribution in [3.63, 3.8) is 0 Å². The number of carbonyl (C=O) groups excluding carboxylic acids is 3. The Morgan fingerprint density at radius 3 is 2.09 bits per heavy atom. The molecule has 2 aromatic carbocycles. The molecule has 0 saturated carbocycles. The van der Waals surface area contributed by atoms with E-state index in [1.165, 1.54) is 0 Å². The summed E-state index contributed by atoms with van der Waals surface area (Å²) in [5.41, 5.74) is 6.60. The lowest BCUT2D eigenvalue weighted by Gasteiger charge is -2.23. The van der Waals surface area contributed by atoms with Crippen LogP contribution in [0, 0.1) is 5.92 Å². The molecule has 2 aromatic rings. The van der Waals surface area contributed by atoms with E-state index in [0.717, 1.165) is 5.56 Å². The minimum absolute atomic E-state index is 0.0650. The number of hydrazine groups is 1. The van der Waals surface area contributed by atoms with Gasteiger partial charge in [0.25, 0.3) is 5.91 Å². The zero-order chi connectivity index (χ0) is 23.3. The van der Waals surface area contributed by atoms with E-state index in [4.69, 9.17) is 4.74 Å². The lowest BCUT2D eigenvalue weighted by atomic mass is 10.0. The van der Waals surface area contributed by atoms with Gasteiger partial charge in [0, 0.05) is 0 Å². The highest BCUT2D eigenvalue weighted by Gasteiger charge is 2.27. The van der Waals surface area contributed by atoms with Crippen LogP contribution in [-0.2, 0) is 20.9 Å². The molecule has 0 bridgehead atoms. The molecular formula is C23H30N4O5. The number of aliphatic hydroxyl groups is 1. The SMILES string of the molecule is CC(C)C[C@H](NC(=O)OCc1ccccc1)C(=O)N[C@@H](CO)C(=O)NNc1ccccc1. The predicted molar refractivity (Wildman–Crippen MR) is 120 cm³/mol. The third-order valence-corrected chi connectivity index (χ3v) is 4.45. The molecule has 0 aliphatic carbocycles. The molecule has 2 atom stereocenters. The van der Waals surface area contributed by atoms with Gasteiger partial charge in [0.15, 0.2) is 0 Å². The molecule has 0 aliphatic heterocycles. The van der Waals surface area contributed by atoms with Crippen molar-refractivity contribution in [2.75, 3.05) is 12.0 Å². The number of anilines is 1. The maximum Gasteiger partial charge on any atom is 0.408 e. The first-order chi connectivity index (χ1) is 15.4. The van der Waals surface area contributed by atoms with Crippen LogP contribution in [0.3, 0.4) is 0 Å².